The Kier molecular flexibility index (Phi) is 3.70. The van der Waals surface area contributed by atoms with Gasteiger partial charge in [-0.1, -0.05) is 6.07 Å². The first kappa shape index (κ1) is 12.3. The van der Waals surface area contributed by atoms with Crippen molar-refractivity contribution >= 4 is 0 Å². The smallest absolute Gasteiger partial charge is 0.140 e. The fourth-order valence-corrected chi connectivity index (χ4v) is 1.65. The molecule has 0 spiro atoms. The molecule has 0 bridgehead atoms. The minimum atomic E-state index is -0.481. The molecule has 1 aromatic heterocycles. The molecule has 1 N–H and O–H groups in total. The van der Waals surface area contributed by atoms with Crippen molar-refractivity contribution in [2.24, 2.45) is 7.05 Å². The fraction of sp³-hybridized carbons (Fsp3) is 0.231. The average molecular weight is 244 g/mol. The lowest BCUT2D eigenvalue weighted by molar-refractivity contribution is 0.617. The zero-order valence-corrected chi connectivity index (χ0v) is 10.0. The summed E-state index contributed by atoms with van der Waals surface area (Å²) >= 11 is 0. The monoisotopic (exact) mass is 244 g/mol. The molecule has 0 atom stereocenters. The van der Waals surface area contributed by atoms with Gasteiger partial charge in [0.15, 0.2) is 0 Å². The highest BCUT2D eigenvalue weighted by atomic mass is 19.1. The van der Waals surface area contributed by atoms with E-state index in [2.05, 4.69) is 10.3 Å². The summed E-state index contributed by atoms with van der Waals surface area (Å²) in [6.45, 7) is 1.20. The normalized spacial score (nSPS) is 10.3. The van der Waals surface area contributed by atoms with E-state index in [0.717, 1.165) is 11.4 Å². The highest BCUT2D eigenvalue weighted by Gasteiger charge is 2.03. The first-order valence-electron chi connectivity index (χ1n) is 5.56. The predicted molar refractivity (Wildman–Crippen MR) is 64.9 cm³/mol. The average Bonchev–Trinajstić information content (AvgIpc) is 2.77. The molecular formula is C13H13FN4. The van der Waals surface area contributed by atoms with Crippen molar-refractivity contribution < 1.29 is 4.39 Å². The molecule has 5 heteroatoms. The Bertz CT molecular complexity index is 583. The van der Waals surface area contributed by atoms with Gasteiger partial charge in [0.25, 0.3) is 0 Å². The van der Waals surface area contributed by atoms with Crippen molar-refractivity contribution in [3.63, 3.8) is 0 Å². The van der Waals surface area contributed by atoms with E-state index in [0.29, 0.717) is 13.1 Å². The number of benzene rings is 1. The third-order valence-electron chi connectivity index (χ3n) is 2.68. The number of aryl methyl sites for hydroxylation is 1. The molecule has 2 rings (SSSR count). The minimum Gasteiger partial charge on any atom is -0.337 e. The van der Waals surface area contributed by atoms with Crippen LogP contribution in [0.25, 0.3) is 0 Å². The van der Waals surface area contributed by atoms with Crippen molar-refractivity contribution in [1.29, 1.82) is 5.26 Å². The van der Waals surface area contributed by atoms with E-state index in [4.69, 9.17) is 5.26 Å². The Hall–Kier alpha value is -2.19. The number of nitrogens with one attached hydrogen (secondary N) is 1. The summed E-state index contributed by atoms with van der Waals surface area (Å²) in [6, 6.07) is 6.37. The summed E-state index contributed by atoms with van der Waals surface area (Å²) in [5.41, 5.74) is 0.952. The highest BCUT2D eigenvalue weighted by Crippen LogP contribution is 2.09. The molecule has 2 aromatic rings. The first-order chi connectivity index (χ1) is 8.70. The summed E-state index contributed by atoms with van der Waals surface area (Å²) in [5, 5.41) is 11.9. The minimum absolute atomic E-state index is 0.0753. The second kappa shape index (κ2) is 5.43. The topological polar surface area (TPSA) is 53.6 Å². The molecule has 0 radical (unpaired) electrons. The van der Waals surface area contributed by atoms with Crippen molar-refractivity contribution in [3.8, 4) is 6.07 Å². The number of nitriles is 1. The number of hydrogen-bond acceptors (Lipinski definition) is 3. The van der Waals surface area contributed by atoms with Gasteiger partial charge in [-0.05, 0) is 17.7 Å². The number of imidazole rings is 1. The largest absolute Gasteiger partial charge is 0.337 e. The summed E-state index contributed by atoms with van der Waals surface area (Å²) in [7, 11) is 1.93. The van der Waals surface area contributed by atoms with Gasteiger partial charge in [-0.25, -0.2) is 9.37 Å². The van der Waals surface area contributed by atoms with Crippen LogP contribution in [0.1, 0.15) is 17.0 Å². The van der Waals surface area contributed by atoms with Crippen LogP contribution in [0.15, 0.2) is 30.6 Å². The Morgan fingerprint density at radius 1 is 1.44 bits per heavy atom. The molecule has 0 aliphatic rings. The van der Waals surface area contributed by atoms with E-state index in [-0.39, 0.29) is 5.56 Å². The quantitative estimate of drug-likeness (QED) is 0.891. The van der Waals surface area contributed by atoms with Crippen LogP contribution in [-0.4, -0.2) is 9.55 Å². The molecule has 0 saturated heterocycles. The van der Waals surface area contributed by atoms with E-state index in [1.54, 1.807) is 18.3 Å². The maximum Gasteiger partial charge on any atom is 0.140 e. The molecule has 18 heavy (non-hydrogen) atoms. The maximum absolute atomic E-state index is 13.1. The highest BCUT2D eigenvalue weighted by molar-refractivity contribution is 5.34. The lowest BCUT2D eigenvalue weighted by atomic mass is 10.1. The summed E-state index contributed by atoms with van der Waals surface area (Å²) in [4.78, 5) is 4.18. The van der Waals surface area contributed by atoms with Crippen LogP contribution >= 0.6 is 0 Å². The van der Waals surface area contributed by atoms with E-state index >= 15 is 0 Å². The van der Waals surface area contributed by atoms with Gasteiger partial charge in [0.1, 0.15) is 17.7 Å². The lowest BCUT2D eigenvalue weighted by Gasteiger charge is -2.05. The van der Waals surface area contributed by atoms with E-state index < -0.39 is 5.82 Å². The number of rotatable bonds is 4. The Morgan fingerprint density at radius 2 is 2.28 bits per heavy atom. The van der Waals surface area contributed by atoms with Crippen LogP contribution < -0.4 is 5.32 Å². The van der Waals surface area contributed by atoms with Crippen LogP contribution in [-0.2, 0) is 20.1 Å². The van der Waals surface area contributed by atoms with Crippen molar-refractivity contribution in [2.75, 3.05) is 0 Å². The fourth-order valence-electron chi connectivity index (χ4n) is 1.65. The molecule has 92 valence electrons. The number of aromatic nitrogens is 2. The van der Waals surface area contributed by atoms with Gasteiger partial charge < -0.3 is 9.88 Å². The zero-order valence-electron chi connectivity index (χ0n) is 10.0. The Labute approximate surface area is 105 Å². The van der Waals surface area contributed by atoms with Gasteiger partial charge >= 0.3 is 0 Å². The van der Waals surface area contributed by atoms with Crippen molar-refractivity contribution in [2.45, 2.75) is 13.1 Å². The predicted octanol–water partition coefficient (Wildman–Crippen LogP) is 1.72. The van der Waals surface area contributed by atoms with Gasteiger partial charge in [-0.2, -0.15) is 5.26 Å². The van der Waals surface area contributed by atoms with E-state index in [1.165, 1.54) is 6.07 Å². The van der Waals surface area contributed by atoms with Gasteiger partial charge in [-0.15, -0.1) is 0 Å². The van der Waals surface area contributed by atoms with Gasteiger partial charge in [0, 0.05) is 26.0 Å². The first-order valence-corrected chi connectivity index (χ1v) is 5.56. The Balaban J connectivity index is 1.95. The van der Waals surface area contributed by atoms with Crippen molar-refractivity contribution in [3.05, 3.63) is 53.4 Å². The molecule has 0 fully saturated rings. The summed E-state index contributed by atoms with van der Waals surface area (Å²) < 4.78 is 15.0. The number of halogens is 1. The van der Waals surface area contributed by atoms with Gasteiger partial charge in [0.2, 0.25) is 0 Å². The molecular weight excluding hydrogens is 231 g/mol. The van der Waals surface area contributed by atoms with Crippen LogP contribution in [0.2, 0.25) is 0 Å². The van der Waals surface area contributed by atoms with E-state index in [9.17, 15) is 4.39 Å². The molecule has 1 aromatic carbocycles. The van der Waals surface area contributed by atoms with Gasteiger partial charge in [-0.3, -0.25) is 0 Å². The van der Waals surface area contributed by atoms with Crippen LogP contribution in [0.5, 0.6) is 0 Å². The van der Waals surface area contributed by atoms with Crippen LogP contribution in [0, 0.1) is 17.1 Å². The summed E-state index contributed by atoms with van der Waals surface area (Å²) in [6.07, 6.45) is 3.62. The second-order valence-electron chi connectivity index (χ2n) is 3.98. The second-order valence-corrected chi connectivity index (χ2v) is 3.98. The van der Waals surface area contributed by atoms with Gasteiger partial charge in [0.05, 0.1) is 12.1 Å². The lowest BCUT2D eigenvalue weighted by Crippen LogP contribution is -2.15. The molecule has 0 saturated carbocycles. The van der Waals surface area contributed by atoms with Crippen LogP contribution in [0.4, 0.5) is 4.39 Å². The standard InChI is InChI=1S/C13H13FN4/c1-18-5-4-17-13(18)9-16-8-10-2-3-12(14)11(6-10)7-15/h2-6,16H,8-9H2,1H3. The zero-order chi connectivity index (χ0) is 13.0. The van der Waals surface area contributed by atoms with Crippen LogP contribution in [0.3, 0.4) is 0 Å². The maximum atomic E-state index is 13.1. The Morgan fingerprint density at radius 3 is 2.94 bits per heavy atom. The molecule has 0 aliphatic carbocycles. The molecule has 1 heterocycles. The third kappa shape index (κ3) is 2.73. The summed E-state index contributed by atoms with van der Waals surface area (Å²) in [5.74, 6) is 0.447. The SMILES string of the molecule is Cn1ccnc1CNCc1ccc(F)c(C#N)c1. The molecule has 0 aliphatic heterocycles. The van der Waals surface area contributed by atoms with E-state index in [1.807, 2.05) is 23.9 Å². The third-order valence-corrected chi connectivity index (χ3v) is 2.68. The molecule has 0 unspecified atom stereocenters. The molecule has 0 amide bonds. The van der Waals surface area contributed by atoms with Crippen molar-refractivity contribution in [1.82, 2.24) is 14.9 Å². The molecule has 4 nitrogen and oxygen atoms in total. The number of nitrogens with zero attached hydrogens (tertiary/aromatic N) is 3. The number of hydrogen-bond donors (Lipinski definition) is 1.